The summed E-state index contributed by atoms with van der Waals surface area (Å²) < 4.78 is 2.05. The van der Waals surface area contributed by atoms with Crippen molar-refractivity contribution >= 4 is 46.9 Å². The topological polar surface area (TPSA) is 75.5 Å². The molecular formula is C21H18Cl2N4O2. The number of nitrogens with one attached hydrogen (secondary N) is 2. The second kappa shape index (κ2) is 8.94. The summed E-state index contributed by atoms with van der Waals surface area (Å²) in [5.74, 6) is -1.72. The van der Waals surface area contributed by atoms with E-state index in [1.165, 1.54) is 6.21 Å². The third kappa shape index (κ3) is 5.04. The molecule has 1 heterocycles. The molecule has 8 heteroatoms. The van der Waals surface area contributed by atoms with Gasteiger partial charge in [-0.1, -0.05) is 29.3 Å². The van der Waals surface area contributed by atoms with Crippen molar-refractivity contribution in [3.63, 3.8) is 0 Å². The van der Waals surface area contributed by atoms with Crippen LogP contribution in [0.5, 0.6) is 0 Å². The number of amides is 2. The lowest BCUT2D eigenvalue weighted by molar-refractivity contribution is -0.136. The highest BCUT2D eigenvalue weighted by molar-refractivity contribution is 6.39. The molecule has 29 heavy (non-hydrogen) atoms. The average Bonchev–Trinajstić information content (AvgIpc) is 2.96. The summed E-state index contributed by atoms with van der Waals surface area (Å²) in [4.78, 5) is 23.9. The van der Waals surface area contributed by atoms with Gasteiger partial charge in [-0.3, -0.25) is 9.59 Å². The van der Waals surface area contributed by atoms with Crippen molar-refractivity contribution < 1.29 is 9.59 Å². The van der Waals surface area contributed by atoms with Crippen LogP contribution in [-0.2, 0) is 9.59 Å². The fourth-order valence-electron chi connectivity index (χ4n) is 2.87. The quantitative estimate of drug-likeness (QED) is 0.364. The summed E-state index contributed by atoms with van der Waals surface area (Å²) in [7, 11) is 0. The normalized spacial score (nSPS) is 10.9. The van der Waals surface area contributed by atoms with Crippen LogP contribution in [0.3, 0.4) is 0 Å². The maximum absolute atomic E-state index is 11.9. The zero-order valence-electron chi connectivity index (χ0n) is 15.7. The third-order valence-electron chi connectivity index (χ3n) is 4.21. The van der Waals surface area contributed by atoms with E-state index in [9.17, 15) is 9.59 Å². The Morgan fingerprint density at radius 1 is 0.966 bits per heavy atom. The summed E-state index contributed by atoms with van der Waals surface area (Å²) in [5.41, 5.74) is 6.36. The van der Waals surface area contributed by atoms with Gasteiger partial charge in [0.2, 0.25) is 0 Å². The van der Waals surface area contributed by atoms with E-state index in [-0.39, 0.29) is 0 Å². The fraction of sp³-hybridized carbons (Fsp3) is 0.0952. The third-order valence-corrected chi connectivity index (χ3v) is 4.70. The molecule has 0 spiro atoms. The van der Waals surface area contributed by atoms with Gasteiger partial charge in [0.1, 0.15) is 0 Å². The highest BCUT2D eigenvalue weighted by atomic mass is 35.5. The zero-order chi connectivity index (χ0) is 21.0. The first kappa shape index (κ1) is 20.6. The van der Waals surface area contributed by atoms with Crippen molar-refractivity contribution in [1.29, 1.82) is 0 Å². The molecule has 148 valence electrons. The fourth-order valence-corrected chi connectivity index (χ4v) is 3.19. The van der Waals surface area contributed by atoms with Crippen molar-refractivity contribution in [3.05, 3.63) is 81.6 Å². The van der Waals surface area contributed by atoms with Gasteiger partial charge >= 0.3 is 11.8 Å². The number of rotatable bonds is 4. The van der Waals surface area contributed by atoms with Crippen LogP contribution < -0.4 is 10.7 Å². The van der Waals surface area contributed by atoms with Crippen molar-refractivity contribution in [2.75, 3.05) is 5.32 Å². The van der Waals surface area contributed by atoms with Gasteiger partial charge in [-0.25, -0.2) is 5.43 Å². The standard InChI is InChI=1S/C21H18Cl2N4O2/c1-13-10-15(14(2)27(13)19-8-6-16(22)7-9-19)12-24-26-21(29)20(28)25-18-5-3-4-17(23)11-18/h3-12H,1-2H3,(H,25,28)(H,26,29)/b24-12-. The van der Waals surface area contributed by atoms with Gasteiger partial charge in [0.25, 0.3) is 0 Å². The predicted molar refractivity (Wildman–Crippen MR) is 116 cm³/mol. The van der Waals surface area contributed by atoms with E-state index in [4.69, 9.17) is 23.2 Å². The lowest BCUT2D eigenvalue weighted by Gasteiger charge is -2.09. The van der Waals surface area contributed by atoms with E-state index in [0.717, 1.165) is 22.6 Å². The monoisotopic (exact) mass is 428 g/mol. The van der Waals surface area contributed by atoms with Gasteiger partial charge in [-0.15, -0.1) is 0 Å². The summed E-state index contributed by atoms with van der Waals surface area (Å²) in [6.07, 6.45) is 1.50. The van der Waals surface area contributed by atoms with E-state index < -0.39 is 11.8 Å². The molecule has 2 amide bonds. The minimum Gasteiger partial charge on any atom is -0.318 e. The molecule has 2 aromatic carbocycles. The second-order valence-corrected chi connectivity index (χ2v) is 7.17. The van der Waals surface area contributed by atoms with Crippen LogP contribution in [0.25, 0.3) is 5.69 Å². The zero-order valence-corrected chi connectivity index (χ0v) is 17.3. The number of hydrazone groups is 1. The number of halogens is 2. The maximum Gasteiger partial charge on any atom is 0.329 e. The first-order valence-electron chi connectivity index (χ1n) is 8.70. The van der Waals surface area contributed by atoms with E-state index in [1.807, 2.05) is 48.7 Å². The van der Waals surface area contributed by atoms with Crippen molar-refractivity contribution in [2.45, 2.75) is 13.8 Å². The molecule has 0 saturated carbocycles. The number of hydrogen-bond acceptors (Lipinski definition) is 3. The molecule has 0 aliphatic heterocycles. The molecule has 0 unspecified atom stereocenters. The molecule has 3 aromatic rings. The summed E-state index contributed by atoms with van der Waals surface area (Å²) >= 11 is 11.8. The predicted octanol–water partition coefficient (Wildman–Crippen LogP) is 4.49. The van der Waals surface area contributed by atoms with Gasteiger partial charge < -0.3 is 9.88 Å². The van der Waals surface area contributed by atoms with Crippen LogP contribution in [0.2, 0.25) is 10.0 Å². The Bertz CT molecular complexity index is 1090. The molecule has 0 aliphatic rings. The Kier molecular flexibility index (Phi) is 6.36. The molecule has 0 saturated heterocycles. The molecule has 1 aromatic heterocycles. The van der Waals surface area contributed by atoms with Crippen molar-refractivity contribution in [1.82, 2.24) is 9.99 Å². The number of anilines is 1. The molecule has 0 radical (unpaired) electrons. The van der Waals surface area contributed by atoms with Gasteiger partial charge in [0, 0.05) is 38.4 Å². The summed E-state index contributed by atoms with van der Waals surface area (Å²) in [6.45, 7) is 3.91. The molecule has 6 nitrogen and oxygen atoms in total. The Hall–Kier alpha value is -3.09. The van der Waals surface area contributed by atoms with E-state index in [1.54, 1.807) is 24.3 Å². The number of nitrogens with zero attached hydrogens (tertiary/aromatic N) is 2. The first-order valence-corrected chi connectivity index (χ1v) is 9.45. The van der Waals surface area contributed by atoms with Gasteiger partial charge in [0.15, 0.2) is 0 Å². The minimum absolute atomic E-state index is 0.424. The largest absolute Gasteiger partial charge is 0.329 e. The highest BCUT2D eigenvalue weighted by Crippen LogP contribution is 2.21. The van der Waals surface area contributed by atoms with Crippen molar-refractivity contribution in [3.8, 4) is 5.69 Å². The van der Waals surface area contributed by atoms with Crippen LogP contribution in [0.15, 0.2) is 59.7 Å². The van der Waals surface area contributed by atoms with Crippen LogP contribution in [-0.4, -0.2) is 22.6 Å². The number of benzene rings is 2. The molecule has 3 rings (SSSR count). The number of hydrogen-bond donors (Lipinski definition) is 2. The molecule has 0 aliphatic carbocycles. The average molecular weight is 429 g/mol. The number of aryl methyl sites for hydroxylation is 1. The molecule has 0 fully saturated rings. The molecule has 0 bridgehead atoms. The highest BCUT2D eigenvalue weighted by Gasteiger charge is 2.13. The Balaban J connectivity index is 1.67. The van der Waals surface area contributed by atoms with Crippen LogP contribution in [0.4, 0.5) is 5.69 Å². The van der Waals surface area contributed by atoms with Crippen LogP contribution in [0, 0.1) is 13.8 Å². The Morgan fingerprint density at radius 3 is 2.38 bits per heavy atom. The lowest BCUT2D eigenvalue weighted by atomic mass is 10.2. The number of carbonyl (C=O) groups is 2. The summed E-state index contributed by atoms with van der Waals surface area (Å²) in [5, 5.41) is 7.48. The minimum atomic E-state index is -0.882. The number of aromatic nitrogens is 1. The Morgan fingerprint density at radius 2 is 1.69 bits per heavy atom. The second-order valence-electron chi connectivity index (χ2n) is 6.30. The van der Waals surface area contributed by atoms with Gasteiger partial charge in [-0.05, 0) is 62.4 Å². The van der Waals surface area contributed by atoms with Gasteiger partial charge in [-0.2, -0.15) is 5.10 Å². The molecule has 0 atom stereocenters. The maximum atomic E-state index is 11.9. The lowest BCUT2D eigenvalue weighted by Crippen LogP contribution is -2.32. The SMILES string of the molecule is Cc1cc(/C=N\NC(=O)C(=O)Nc2cccc(Cl)c2)c(C)n1-c1ccc(Cl)cc1. The van der Waals surface area contributed by atoms with Gasteiger partial charge in [0.05, 0.1) is 6.21 Å². The molecular weight excluding hydrogens is 411 g/mol. The van der Waals surface area contributed by atoms with E-state index in [2.05, 4.69) is 15.8 Å². The Labute approximate surface area is 178 Å². The van der Waals surface area contributed by atoms with E-state index >= 15 is 0 Å². The van der Waals surface area contributed by atoms with Crippen molar-refractivity contribution in [2.24, 2.45) is 5.10 Å². The number of carbonyl (C=O) groups excluding carboxylic acids is 2. The summed E-state index contributed by atoms with van der Waals surface area (Å²) in [6, 6.07) is 15.9. The van der Waals surface area contributed by atoms with E-state index in [0.29, 0.717) is 15.7 Å². The van der Waals surface area contributed by atoms with Crippen LogP contribution in [0.1, 0.15) is 17.0 Å². The molecule has 2 N–H and O–H groups in total. The van der Waals surface area contributed by atoms with Crippen LogP contribution >= 0.6 is 23.2 Å². The first-order chi connectivity index (χ1) is 13.8. The smallest absolute Gasteiger partial charge is 0.318 e.